The van der Waals surface area contributed by atoms with Crippen molar-refractivity contribution in [1.29, 1.82) is 0 Å². The molecule has 0 fully saturated rings. The van der Waals surface area contributed by atoms with Gasteiger partial charge in [0.2, 0.25) is 0 Å². The zero-order valence-electron chi connectivity index (χ0n) is 5.08. The molecule has 0 aromatic heterocycles. The topological polar surface area (TPSA) is 9.23 Å². The summed E-state index contributed by atoms with van der Waals surface area (Å²) >= 11 is 7.81. The summed E-state index contributed by atoms with van der Waals surface area (Å²) in [4.78, 5) is 0. The number of ether oxygens (including phenoxy) is 1. The number of hydrogen-bond donors (Lipinski definition) is 0. The zero-order chi connectivity index (χ0) is 7.40. The van der Waals surface area contributed by atoms with E-state index in [0.29, 0.717) is 0 Å². The molecule has 0 bridgehead atoms. The lowest BCUT2D eigenvalue weighted by molar-refractivity contribution is 0.586. The van der Waals surface area contributed by atoms with Crippen LogP contribution in [0.5, 0.6) is 5.75 Å². The highest BCUT2D eigenvalue weighted by atomic mass is 79.9. The van der Waals surface area contributed by atoms with Crippen LogP contribution in [0, 0.1) is 0 Å². The normalized spacial score (nSPS) is 8.90. The van der Waals surface area contributed by atoms with Gasteiger partial charge in [0.15, 0.2) is 5.55 Å². The van der Waals surface area contributed by atoms with Gasteiger partial charge in [-0.1, -0.05) is 15.9 Å². The van der Waals surface area contributed by atoms with Crippen molar-refractivity contribution in [3.8, 4) is 5.75 Å². The van der Waals surface area contributed by atoms with Gasteiger partial charge in [0.05, 0.1) is 0 Å². The predicted molar refractivity (Wildman–Crippen MR) is 48.4 cm³/mol. The van der Waals surface area contributed by atoms with Crippen molar-refractivity contribution in [3.05, 3.63) is 28.7 Å². The second-order valence-corrected chi connectivity index (χ2v) is 2.78. The third-order valence-electron chi connectivity index (χ3n) is 0.998. The van der Waals surface area contributed by atoms with Gasteiger partial charge in [0.25, 0.3) is 0 Å². The molecule has 0 atom stereocenters. The number of rotatable bonds is 2. The fourth-order valence-corrected chi connectivity index (χ4v) is 0.944. The molecule has 0 aliphatic heterocycles. The van der Waals surface area contributed by atoms with Crippen molar-refractivity contribution in [2.45, 2.75) is 0 Å². The summed E-state index contributed by atoms with van der Waals surface area (Å²) in [7, 11) is 0. The Bertz CT molecular complexity index is 220. The fourth-order valence-electron chi connectivity index (χ4n) is 0.569. The maximum atomic E-state index is 4.93. The minimum Gasteiger partial charge on any atom is -0.454 e. The number of benzene rings is 1. The van der Waals surface area contributed by atoms with Crippen LogP contribution in [0.2, 0.25) is 0 Å². The van der Waals surface area contributed by atoms with Gasteiger partial charge in [-0.05, 0) is 36.5 Å². The van der Waals surface area contributed by atoms with Gasteiger partial charge >= 0.3 is 0 Å². The van der Waals surface area contributed by atoms with Gasteiger partial charge < -0.3 is 4.74 Å². The number of thiocarbonyl (C=S) groups is 1. The van der Waals surface area contributed by atoms with Crippen molar-refractivity contribution >= 4 is 33.7 Å². The van der Waals surface area contributed by atoms with Crippen molar-refractivity contribution < 1.29 is 4.74 Å². The van der Waals surface area contributed by atoms with Crippen molar-refractivity contribution in [1.82, 2.24) is 0 Å². The van der Waals surface area contributed by atoms with E-state index in [1.165, 1.54) is 5.55 Å². The molecular weight excluding hydrogens is 212 g/mol. The molecule has 0 unspecified atom stereocenters. The number of hydrogen-bond acceptors (Lipinski definition) is 2. The largest absolute Gasteiger partial charge is 0.454 e. The molecule has 0 amide bonds. The highest BCUT2D eigenvalue weighted by Gasteiger charge is 1.88. The summed E-state index contributed by atoms with van der Waals surface area (Å²) in [6.07, 6.45) is 0. The second-order valence-electron chi connectivity index (χ2n) is 1.67. The fraction of sp³-hybridized carbons (Fsp3) is 0. The summed E-state index contributed by atoms with van der Waals surface area (Å²) in [5.41, 5.74) is 1.24. The molecule has 0 saturated heterocycles. The van der Waals surface area contributed by atoms with Gasteiger partial charge in [0, 0.05) is 4.47 Å². The first kappa shape index (κ1) is 7.69. The molecule has 0 heterocycles. The third kappa shape index (κ3) is 2.08. The summed E-state index contributed by atoms with van der Waals surface area (Å²) < 4.78 is 5.96. The van der Waals surface area contributed by atoms with E-state index in [4.69, 9.17) is 4.74 Å². The molecule has 0 aliphatic rings. The van der Waals surface area contributed by atoms with Crippen LogP contribution < -0.4 is 4.74 Å². The van der Waals surface area contributed by atoms with Gasteiger partial charge in [-0.25, -0.2) is 0 Å². The van der Waals surface area contributed by atoms with E-state index in [9.17, 15) is 0 Å². The first-order chi connectivity index (χ1) is 4.83. The van der Waals surface area contributed by atoms with E-state index >= 15 is 0 Å². The van der Waals surface area contributed by atoms with E-state index in [-0.39, 0.29) is 0 Å². The van der Waals surface area contributed by atoms with E-state index in [2.05, 4.69) is 28.1 Å². The van der Waals surface area contributed by atoms with E-state index < -0.39 is 0 Å². The summed E-state index contributed by atoms with van der Waals surface area (Å²) in [6.45, 7) is 0. The van der Waals surface area contributed by atoms with Gasteiger partial charge in [-0.15, -0.1) is 0 Å². The van der Waals surface area contributed by atoms with Crippen molar-refractivity contribution in [2.75, 3.05) is 0 Å². The lowest BCUT2D eigenvalue weighted by atomic mass is 10.3. The Kier molecular flexibility index (Phi) is 2.83. The zero-order valence-corrected chi connectivity index (χ0v) is 7.48. The quantitative estimate of drug-likeness (QED) is 0.704. The van der Waals surface area contributed by atoms with Crippen LogP contribution in [0.4, 0.5) is 0 Å². The highest BCUT2D eigenvalue weighted by Crippen LogP contribution is 2.15. The first-order valence-corrected chi connectivity index (χ1v) is 3.95. The highest BCUT2D eigenvalue weighted by molar-refractivity contribution is 9.10. The molecule has 1 nitrogen and oxygen atoms in total. The Morgan fingerprint density at radius 3 is 2.40 bits per heavy atom. The Hall–Kier alpha value is -0.410. The lowest BCUT2D eigenvalue weighted by Gasteiger charge is -1.96. The Labute approximate surface area is 73.1 Å². The minimum absolute atomic E-state index is 0.762. The second kappa shape index (κ2) is 3.68. The molecule has 10 heavy (non-hydrogen) atoms. The van der Waals surface area contributed by atoms with Crippen LogP contribution in [0.3, 0.4) is 0 Å². The van der Waals surface area contributed by atoms with Crippen LogP contribution in [-0.2, 0) is 0 Å². The van der Waals surface area contributed by atoms with Gasteiger partial charge in [-0.2, -0.15) is 0 Å². The SMILES string of the molecule is S=COc1ccc(Br)cc1. The molecule has 0 saturated carbocycles. The van der Waals surface area contributed by atoms with Gasteiger partial charge in [0.1, 0.15) is 5.75 Å². The summed E-state index contributed by atoms with van der Waals surface area (Å²) in [5, 5.41) is 0. The molecule has 52 valence electrons. The summed E-state index contributed by atoms with van der Waals surface area (Å²) in [5.74, 6) is 0.762. The Morgan fingerprint density at radius 2 is 1.90 bits per heavy atom. The maximum Gasteiger partial charge on any atom is 0.154 e. The Morgan fingerprint density at radius 1 is 1.30 bits per heavy atom. The molecule has 3 heteroatoms. The molecule has 1 aromatic carbocycles. The average Bonchev–Trinajstić information content (AvgIpc) is 1.95. The van der Waals surface area contributed by atoms with Crippen LogP contribution in [0.25, 0.3) is 0 Å². The van der Waals surface area contributed by atoms with Crippen LogP contribution in [0.1, 0.15) is 0 Å². The minimum atomic E-state index is 0.762. The molecule has 1 rings (SSSR count). The Balaban J connectivity index is 2.78. The third-order valence-corrected chi connectivity index (χ3v) is 1.62. The van der Waals surface area contributed by atoms with Crippen LogP contribution in [0.15, 0.2) is 28.7 Å². The standard InChI is InChI=1S/C7H5BrOS/c8-6-1-3-7(4-2-6)9-5-10/h1-5H. The molecule has 0 spiro atoms. The van der Waals surface area contributed by atoms with E-state index in [1.54, 1.807) is 0 Å². The monoisotopic (exact) mass is 216 g/mol. The lowest BCUT2D eigenvalue weighted by Crippen LogP contribution is -1.84. The molecular formula is C7H5BrOS. The predicted octanol–water partition coefficient (Wildman–Crippen LogP) is 2.79. The van der Waals surface area contributed by atoms with Crippen molar-refractivity contribution in [2.24, 2.45) is 0 Å². The molecule has 0 N–H and O–H groups in total. The average molecular weight is 217 g/mol. The molecule has 1 aromatic rings. The molecule has 0 aliphatic carbocycles. The maximum absolute atomic E-state index is 4.93. The first-order valence-electron chi connectivity index (χ1n) is 2.69. The number of halogens is 1. The van der Waals surface area contributed by atoms with Gasteiger partial charge in [-0.3, -0.25) is 0 Å². The van der Waals surface area contributed by atoms with Crippen molar-refractivity contribution in [3.63, 3.8) is 0 Å². The van der Waals surface area contributed by atoms with E-state index in [0.717, 1.165) is 10.2 Å². The van der Waals surface area contributed by atoms with Crippen LogP contribution >= 0.6 is 28.1 Å². The smallest absolute Gasteiger partial charge is 0.154 e. The van der Waals surface area contributed by atoms with E-state index in [1.807, 2.05) is 24.3 Å². The summed E-state index contributed by atoms with van der Waals surface area (Å²) in [6, 6.07) is 7.47. The molecule has 0 radical (unpaired) electrons. The van der Waals surface area contributed by atoms with Crippen LogP contribution in [-0.4, -0.2) is 5.55 Å².